The Balaban J connectivity index is 2.67. The first kappa shape index (κ1) is 15.3. The molecule has 0 radical (unpaired) electrons. The number of allylic oxidation sites excluding steroid dienone is 1. The minimum Gasteiger partial charge on any atom is -0.392 e. The highest BCUT2D eigenvalue weighted by Crippen LogP contribution is 2.47. The van der Waals surface area contributed by atoms with Crippen LogP contribution in [0.4, 0.5) is 0 Å². The Kier molecular flexibility index (Phi) is 3.85. The van der Waals surface area contributed by atoms with Gasteiger partial charge in [-0.3, -0.25) is 0 Å². The molecule has 110 valence electrons. The Bertz CT molecular complexity index is 547. The van der Waals surface area contributed by atoms with Crippen molar-refractivity contribution in [2.24, 2.45) is 0 Å². The van der Waals surface area contributed by atoms with Crippen molar-refractivity contribution >= 4 is 5.57 Å². The summed E-state index contributed by atoms with van der Waals surface area (Å²) in [5.41, 5.74) is 7.27. The summed E-state index contributed by atoms with van der Waals surface area (Å²) in [7, 11) is 0. The van der Waals surface area contributed by atoms with Crippen LogP contribution in [0.15, 0.2) is 18.2 Å². The van der Waals surface area contributed by atoms with Crippen LogP contribution >= 0.6 is 0 Å². The minimum absolute atomic E-state index is 0.108. The molecule has 1 aromatic rings. The highest BCUT2D eigenvalue weighted by atomic mass is 16.2. The van der Waals surface area contributed by atoms with Crippen LogP contribution in [0.2, 0.25) is 0 Å². The fourth-order valence-corrected chi connectivity index (χ4v) is 3.39. The molecule has 0 aromatic heterocycles. The van der Waals surface area contributed by atoms with Gasteiger partial charge in [-0.15, -0.1) is 0 Å². The summed E-state index contributed by atoms with van der Waals surface area (Å²) < 4.78 is 0. The van der Waals surface area contributed by atoms with E-state index in [0.29, 0.717) is 0 Å². The molecule has 0 saturated carbocycles. The van der Waals surface area contributed by atoms with E-state index in [-0.39, 0.29) is 17.4 Å². The van der Waals surface area contributed by atoms with Crippen molar-refractivity contribution in [1.82, 2.24) is 0 Å². The standard InChI is InChI=1S/C19H28O/c1-13(7-10-20)15-12-17-16(11-14(15)2)18(3,4)8-9-19(17,5)6/h7,11-12,20H,8-10H2,1-6H3. The molecule has 0 unspecified atom stereocenters. The second-order valence-corrected chi connectivity index (χ2v) is 7.55. The summed E-state index contributed by atoms with van der Waals surface area (Å²) >= 11 is 0. The molecule has 0 heterocycles. The molecular weight excluding hydrogens is 244 g/mol. The van der Waals surface area contributed by atoms with Gasteiger partial charge in [0.15, 0.2) is 0 Å². The van der Waals surface area contributed by atoms with Crippen LogP contribution in [0.25, 0.3) is 5.57 Å². The van der Waals surface area contributed by atoms with Gasteiger partial charge in [0.2, 0.25) is 0 Å². The molecule has 1 aromatic carbocycles. The van der Waals surface area contributed by atoms with E-state index in [1.807, 2.05) is 6.08 Å². The summed E-state index contributed by atoms with van der Waals surface area (Å²) in [5, 5.41) is 9.14. The molecular formula is C19H28O. The van der Waals surface area contributed by atoms with Crippen LogP contribution in [0, 0.1) is 6.92 Å². The van der Waals surface area contributed by atoms with Crippen LogP contribution in [-0.4, -0.2) is 11.7 Å². The quantitative estimate of drug-likeness (QED) is 0.824. The second-order valence-electron chi connectivity index (χ2n) is 7.55. The van der Waals surface area contributed by atoms with Crippen molar-refractivity contribution in [3.8, 4) is 0 Å². The lowest BCUT2D eigenvalue weighted by molar-refractivity contribution is 0.331. The monoisotopic (exact) mass is 272 g/mol. The molecule has 0 spiro atoms. The molecule has 1 N–H and O–H groups in total. The lowest BCUT2D eigenvalue weighted by Crippen LogP contribution is -2.34. The molecule has 20 heavy (non-hydrogen) atoms. The largest absolute Gasteiger partial charge is 0.392 e. The van der Waals surface area contributed by atoms with Crippen molar-refractivity contribution in [1.29, 1.82) is 0 Å². The predicted molar refractivity (Wildman–Crippen MR) is 87.2 cm³/mol. The van der Waals surface area contributed by atoms with Gasteiger partial charge in [0, 0.05) is 0 Å². The Labute approximate surface area is 123 Å². The Morgan fingerprint density at radius 2 is 1.60 bits per heavy atom. The number of rotatable bonds is 2. The average molecular weight is 272 g/mol. The minimum atomic E-state index is 0.108. The predicted octanol–water partition coefficient (Wildman–Crippen LogP) is 4.74. The third-order valence-electron chi connectivity index (χ3n) is 5.02. The SMILES string of the molecule is CC(=CCO)c1cc2c(cc1C)C(C)(C)CCC2(C)C. The number of aliphatic hydroxyl groups is 1. The maximum atomic E-state index is 9.14. The summed E-state index contributed by atoms with van der Waals surface area (Å²) in [6.07, 6.45) is 4.38. The van der Waals surface area contributed by atoms with Crippen molar-refractivity contribution in [2.75, 3.05) is 6.61 Å². The molecule has 0 bridgehead atoms. The van der Waals surface area contributed by atoms with E-state index in [0.717, 1.165) is 0 Å². The van der Waals surface area contributed by atoms with Crippen molar-refractivity contribution in [2.45, 2.75) is 65.2 Å². The molecule has 2 rings (SSSR count). The number of hydrogen-bond acceptors (Lipinski definition) is 1. The Morgan fingerprint density at radius 1 is 1.10 bits per heavy atom. The molecule has 0 fully saturated rings. The van der Waals surface area contributed by atoms with Gasteiger partial charge in [-0.1, -0.05) is 45.9 Å². The van der Waals surface area contributed by atoms with E-state index in [9.17, 15) is 0 Å². The molecule has 0 aliphatic heterocycles. The van der Waals surface area contributed by atoms with E-state index in [2.05, 4.69) is 53.7 Å². The first-order chi connectivity index (χ1) is 9.19. The lowest BCUT2D eigenvalue weighted by atomic mass is 9.62. The van der Waals surface area contributed by atoms with Crippen LogP contribution in [0.1, 0.15) is 69.7 Å². The van der Waals surface area contributed by atoms with Gasteiger partial charge < -0.3 is 5.11 Å². The Hall–Kier alpha value is -1.08. The molecule has 0 amide bonds. The van der Waals surface area contributed by atoms with Crippen molar-refractivity contribution < 1.29 is 5.11 Å². The Morgan fingerprint density at radius 3 is 2.10 bits per heavy atom. The summed E-state index contributed by atoms with van der Waals surface area (Å²) in [6, 6.07) is 4.74. The molecule has 0 atom stereocenters. The zero-order valence-corrected chi connectivity index (χ0v) is 13.8. The van der Waals surface area contributed by atoms with Gasteiger partial charge >= 0.3 is 0 Å². The van der Waals surface area contributed by atoms with E-state index >= 15 is 0 Å². The molecule has 1 nitrogen and oxygen atoms in total. The third-order valence-corrected chi connectivity index (χ3v) is 5.02. The van der Waals surface area contributed by atoms with Crippen molar-refractivity contribution in [3.05, 3.63) is 40.5 Å². The van der Waals surface area contributed by atoms with Crippen LogP contribution < -0.4 is 0 Å². The third kappa shape index (κ3) is 2.56. The zero-order chi connectivity index (χ0) is 15.1. The highest BCUT2D eigenvalue weighted by Gasteiger charge is 2.37. The highest BCUT2D eigenvalue weighted by molar-refractivity contribution is 5.69. The lowest BCUT2D eigenvalue weighted by Gasteiger charge is -2.42. The maximum Gasteiger partial charge on any atom is 0.0618 e. The van der Waals surface area contributed by atoms with E-state index in [4.69, 9.17) is 5.11 Å². The van der Waals surface area contributed by atoms with E-state index in [1.54, 1.807) is 0 Å². The fourth-order valence-electron chi connectivity index (χ4n) is 3.39. The summed E-state index contributed by atoms with van der Waals surface area (Å²) in [4.78, 5) is 0. The van der Waals surface area contributed by atoms with Gasteiger partial charge in [0.25, 0.3) is 0 Å². The molecule has 1 aliphatic rings. The number of hydrogen-bond donors (Lipinski definition) is 1. The average Bonchev–Trinajstić information content (AvgIpc) is 2.35. The van der Waals surface area contributed by atoms with Crippen LogP contribution in [0.3, 0.4) is 0 Å². The molecule has 0 saturated heterocycles. The van der Waals surface area contributed by atoms with E-state index < -0.39 is 0 Å². The zero-order valence-electron chi connectivity index (χ0n) is 13.8. The smallest absolute Gasteiger partial charge is 0.0618 e. The van der Waals surface area contributed by atoms with Gasteiger partial charge in [-0.05, 0) is 65.3 Å². The number of aliphatic hydroxyl groups excluding tert-OH is 1. The molecule has 1 aliphatic carbocycles. The first-order valence-electron chi connectivity index (χ1n) is 7.62. The van der Waals surface area contributed by atoms with Gasteiger partial charge in [-0.25, -0.2) is 0 Å². The van der Waals surface area contributed by atoms with Crippen LogP contribution in [0.5, 0.6) is 0 Å². The number of aryl methyl sites for hydroxylation is 1. The van der Waals surface area contributed by atoms with Gasteiger partial charge in [0.1, 0.15) is 0 Å². The van der Waals surface area contributed by atoms with Crippen LogP contribution in [-0.2, 0) is 10.8 Å². The van der Waals surface area contributed by atoms with E-state index in [1.165, 1.54) is 40.7 Å². The second kappa shape index (κ2) is 5.04. The topological polar surface area (TPSA) is 20.2 Å². The van der Waals surface area contributed by atoms with Gasteiger partial charge in [0.05, 0.1) is 6.61 Å². The van der Waals surface area contributed by atoms with Gasteiger partial charge in [-0.2, -0.15) is 0 Å². The number of benzene rings is 1. The first-order valence-corrected chi connectivity index (χ1v) is 7.62. The summed E-state index contributed by atoms with van der Waals surface area (Å²) in [5.74, 6) is 0. The number of fused-ring (bicyclic) bond motifs is 1. The maximum absolute atomic E-state index is 9.14. The van der Waals surface area contributed by atoms with Crippen molar-refractivity contribution in [3.63, 3.8) is 0 Å². The normalized spacial score (nSPS) is 20.6. The summed E-state index contributed by atoms with van der Waals surface area (Å²) in [6.45, 7) is 13.8. The fraction of sp³-hybridized carbons (Fsp3) is 0.579. The molecule has 1 heteroatoms.